The summed E-state index contributed by atoms with van der Waals surface area (Å²) in [5, 5.41) is 7.46. The summed E-state index contributed by atoms with van der Waals surface area (Å²) in [6.45, 7) is 11.0. The van der Waals surface area contributed by atoms with Gasteiger partial charge in [-0.2, -0.15) is 11.3 Å². The molecule has 0 aliphatic carbocycles. The molecule has 2 rings (SSSR count). The third kappa shape index (κ3) is 5.21. The number of thiophene rings is 1. The number of piperidine rings is 1. The summed E-state index contributed by atoms with van der Waals surface area (Å²) < 4.78 is 0. The van der Waals surface area contributed by atoms with Crippen LogP contribution in [0.5, 0.6) is 0 Å². The number of carbonyl (C=O) groups is 1. The van der Waals surface area contributed by atoms with Gasteiger partial charge in [0, 0.05) is 37.8 Å². The van der Waals surface area contributed by atoms with Gasteiger partial charge in [0.1, 0.15) is 0 Å². The monoisotopic (exact) mass is 337 g/mol. The molecule has 1 N–H and O–H groups in total. The highest BCUT2D eigenvalue weighted by atomic mass is 32.1. The quantitative estimate of drug-likeness (QED) is 0.911. The molecule has 1 fully saturated rings. The zero-order valence-electron chi connectivity index (χ0n) is 15.1. The fourth-order valence-corrected chi connectivity index (χ4v) is 3.74. The van der Waals surface area contributed by atoms with Crippen molar-refractivity contribution in [1.29, 1.82) is 0 Å². The number of nitrogens with zero attached hydrogens (tertiary/aromatic N) is 2. The highest BCUT2D eigenvalue weighted by Crippen LogP contribution is 2.20. The first-order chi connectivity index (χ1) is 10.8. The molecule has 0 saturated carbocycles. The highest BCUT2D eigenvalue weighted by Gasteiger charge is 2.28. The Morgan fingerprint density at radius 2 is 2.09 bits per heavy atom. The van der Waals surface area contributed by atoms with Crippen LogP contribution in [0.25, 0.3) is 0 Å². The summed E-state index contributed by atoms with van der Waals surface area (Å²) >= 11 is 1.71. The Hall–Kier alpha value is -1.07. The molecule has 1 unspecified atom stereocenters. The SMILES string of the molecule is CC(Cc1ccsc1)N(C)C(=O)NC1CCN(C(C)(C)C)CC1. The lowest BCUT2D eigenvalue weighted by Gasteiger charge is -2.41. The lowest BCUT2D eigenvalue weighted by molar-refractivity contribution is 0.0957. The maximum atomic E-state index is 12.5. The van der Waals surface area contributed by atoms with E-state index in [1.165, 1.54) is 5.56 Å². The van der Waals surface area contributed by atoms with Gasteiger partial charge in [-0.05, 0) is 69.3 Å². The Bertz CT molecular complexity index is 487. The summed E-state index contributed by atoms with van der Waals surface area (Å²) in [7, 11) is 1.90. The van der Waals surface area contributed by atoms with Gasteiger partial charge in [0.2, 0.25) is 0 Å². The third-order valence-corrected chi connectivity index (χ3v) is 5.60. The predicted molar refractivity (Wildman–Crippen MR) is 98.1 cm³/mol. The van der Waals surface area contributed by atoms with E-state index in [-0.39, 0.29) is 17.6 Å². The molecule has 23 heavy (non-hydrogen) atoms. The summed E-state index contributed by atoms with van der Waals surface area (Å²) in [4.78, 5) is 16.8. The molecule has 0 bridgehead atoms. The lowest BCUT2D eigenvalue weighted by Crippen LogP contribution is -2.53. The van der Waals surface area contributed by atoms with Gasteiger partial charge < -0.3 is 10.2 Å². The first-order valence-corrected chi connectivity index (χ1v) is 9.51. The molecule has 0 aromatic carbocycles. The molecule has 0 radical (unpaired) electrons. The van der Waals surface area contributed by atoms with E-state index in [9.17, 15) is 4.79 Å². The molecule has 130 valence electrons. The fourth-order valence-electron chi connectivity index (χ4n) is 3.06. The van der Waals surface area contributed by atoms with Gasteiger partial charge >= 0.3 is 6.03 Å². The van der Waals surface area contributed by atoms with Crippen molar-refractivity contribution in [3.8, 4) is 0 Å². The van der Waals surface area contributed by atoms with E-state index in [2.05, 4.69) is 54.7 Å². The number of rotatable bonds is 4. The fraction of sp³-hybridized carbons (Fsp3) is 0.722. The molecule has 2 amide bonds. The number of urea groups is 1. The first-order valence-electron chi connectivity index (χ1n) is 8.57. The molecule has 4 nitrogen and oxygen atoms in total. The van der Waals surface area contributed by atoms with Crippen LogP contribution in [0.3, 0.4) is 0 Å². The molecule has 1 atom stereocenters. The second-order valence-electron chi connectivity index (χ2n) is 7.68. The summed E-state index contributed by atoms with van der Waals surface area (Å²) in [6, 6.07) is 2.70. The Labute approximate surface area is 144 Å². The smallest absolute Gasteiger partial charge is 0.317 e. The average Bonchev–Trinajstić information content (AvgIpc) is 2.98. The van der Waals surface area contributed by atoms with Crippen molar-refractivity contribution in [2.75, 3.05) is 20.1 Å². The molecule has 1 saturated heterocycles. The van der Waals surface area contributed by atoms with Crippen molar-refractivity contribution < 1.29 is 4.79 Å². The second-order valence-corrected chi connectivity index (χ2v) is 8.46. The van der Waals surface area contributed by atoms with Crippen molar-refractivity contribution in [2.45, 2.75) is 64.6 Å². The minimum absolute atomic E-state index is 0.0574. The Balaban J connectivity index is 1.78. The number of nitrogens with one attached hydrogen (secondary N) is 1. The summed E-state index contributed by atoms with van der Waals surface area (Å²) in [5.41, 5.74) is 1.53. The molecule has 1 aromatic heterocycles. The topological polar surface area (TPSA) is 35.6 Å². The zero-order chi connectivity index (χ0) is 17.0. The molecule has 1 aliphatic rings. The van der Waals surface area contributed by atoms with Crippen molar-refractivity contribution in [1.82, 2.24) is 15.1 Å². The van der Waals surface area contributed by atoms with Crippen LogP contribution >= 0.6 is 11.3 Å². The first kappa shape index (κ1) is 18.3. The van der Waals surface area contributed by atoms with Crippen molar-refractivity contribution in [3.63, 3.8) is 0 Å². The average molecular weight is 338 g/mol. The molecule has 0 spiro atoms. The maximum Gasteiger partial charge on any atom is 0.317 e. The van der Waals surface area contributed by atoms with Crippen LogP contribution in [0.15, 0.2) is 16.8 Å². The third-order valence-electron chi connectivity index (χ3n) is 4.86. The van der Waals surface area contributed by atoms with Gasteiger partial charge in [-0.15, -0.1) is 0 Å². The van der Waals surface area contributed by atoms with Crippen LogP contribution in [0.2, 0.25) is 0 Å². The number of hydrogen-bond acceptors (Lipinski definition) is 3. The van der Waals surface area contributed by atoms with Crippen LogP contribution in [-0.4, -0.2) is 53.6 Å². The predicted octanol–water partition coefficient (Wildman–Crippen LogP) is 3.58. The summed E-state index contributed by atoms with van der Waals surface area (Å²) in [5.74, 6) is 0. The van der Waals surface area contributed by atoms with Gasteiger partial charge in [0.05, 0.1) is 0 Å². The number of likely N-dealkylation sites (N-methyl/N-ethyl adjacent to an activating group) is 1. The van der Waals surface area contributed by atoms with Gasteiger partial charge in [-0.1, -0.05) is 0 Å². The van der Waals surface area contributed by atoms with Gasteiger partial charge in [0.25, 0.3) is 0 Å². The minimum Gasteiger partial charge on any atom is -0.335 e. The second kappa shape index (κ2) is 7.67. The molecule has 1 aliphatic heterocycles. The lowest BCUT2D eigenvalue weighted by atomic mass is 9.98. The Kier molecular flexibility index (Phi) is 6.09. The van der Waals surface area contributed by atoms with E-state index in [0.29, 0.717) is 6.04 Å². The van der Waals surface area contributed by atoms with E-state index < -0.39 is 0 Å². The number of hydrogen-bond donors (Lipinski definition) is 1. The van der Waals surface area contributed by atoms with Crippen molar-refractivity contribution >= 4 is 17.4 Å². The number of amides is 2. The van der Waals surface area contributed by atoms with E-state index in [0.717, 1.165) is 32.4 Å². The number of carbonyl (C=O) groups excluding carboxylic acids is 1. The van der Waals surface area contributed by atoms with Gasteiger partial charge in [0.15, 0.2) is 0 Å². The number of likely N-dealkylation sites (tertiary alicyclic amines) is 1. The van der Waals surface area contributed by atoms with E-state index in [1.807, 2.05) is 11.9 Å². The molecule has 5 heteroatoms. The molecular weight excluding hydrogens is 306 g/mol. The Morgan fingerprint density at radius 3 is 2.61 bits per heavy atom. The van der Waals surface area contributed by atoms with Crippen LogP contribution in [0.4, 0.5) is 4.79 Å². The molecule has 2 heterocycles. The Morgan fingerprint density at radius 1 is 1.43 bits per heavy atom. The van der Waals surface area contributed by atoms with Gasteiger partial charge in [-0.3, -0.25) is 4.90 Å². The zero-order valence-corrected chi connectivity index (χ0v) is 15.9. The molecule has 1 aromatic rings. The van der Waals surface area contributed by atoms with Crippen LogP contribution < -0.4 is 5.32 Å². The largest absolute Gasteiger partial charge is 0.335 e. The van der Waals surface area contributed by atoms with Gasteiger partial charge in [-0.25, -0.2) is 4.79 Å². The minimum atomic E-state index is 0.0574. The van der Waals surface area contributed by atoms with E-state index >= 15 is 0 Å². The van der Waals surface area contributed by atoms with Crippen LogP contribution in [-0.2, 0) is 6.42 Å². The maximum absolute atomic E-state index is 12.5. The standard InChI is InChI=1S/C18H31N3OS/c1-14(12-15-8-11-23-13-15)20(5)17(22)19-16-6-9-21(10-7-16)18(2,3)4/h8,11,13-14,16H,6-7,9-10,12H2,1-5H3,(H,19,22). The van der Waals surface area contributed by atoms with E-state index in [1.54, 1.807) is 11.3 Å². The summed E-state index contributed by atoms with van der Waals surface area (Å²) in [6.07, 6.45) is 2.99. The van der Waals surface area contributed by atoms with Crippen molar-refractivity contribution in [3.05, 3.63) is 22.4 Å². The van der Waals surface area contributed by atoms with Crippen molar-refractivity contribution in [2.24, 2.45) is 0 Å². The van der Waals surface area contributed by atoms with E-state index in [4.69, 9.17) is 0 Å². The highest BCUT2D eigenvalue weighted by molar-refractivity contribution is 7.07. The molecular formula is C18H31N3OS. The van der Waals surface area contributed by atoms with Crippen LogP contribution in [0, 0.1) is 0 Å². The normalized spacial score (nSPS) is 18.7. The van der Waals surface area contributed by atoms with Crippen LogP contribution in [0.1, 0.15) is 46.1 Å².